The first-order valence-corrected chi connectivity index (χ1v) is 9.34. The van der Waals surface area contributed by atoms with E-state index in [9.17, 15) is 8.78 Å². The van der Waals surface area contributed by atoms with E-state index in [0.717, 1.165) is 0 Å². The van der Waals surface area contributed by atoms with E-state index in [2.05, 4.69) is 21.9 Å². The van der Waals surface area contributed by atoms with Crippen LogP contribution in [0.5, 0.6) is 0 Å². The predicted molar refractivity (Wildman–Crippen MR) is 101 cm³/mol. The fourth-order valence-corrected chi connectivity index (χ4v) is 4.71. The first-order valence-electron chi connectivity index (χ1n) is 8.08. The fourth-order valence-electron chi connectivity index (χ4n) is 3.28. The number of hydrogen-bond acceptors (Lipinski definition) is 5. The molecule has 3 heterocycles. The second kappa shape index (κ2) is 6.63. The van der Waals surface area contributed by atoms with Gasteiger partial charge >= 0.3 is 0 Å². The highest BCUT2D eigenvalue weighted by molar-refractivity contribution is 8.14. The Bertz CT molecular complexity index is 916. The summed E-state index contributed by atoms with van der Waals surface area (Å²) in [6.45, 7) is 2.10. The Morgan fingerprint density at radius 3 is 2.85 bits per heavy atom. The molecule has 0 saturated heterocycles. The molecular weight excluding hydrogens is 378 g/mol. The van der Waals surface area contributed by atoms with E-state index < -0.39 is 11.8 Å². The van der Waals surface area contributed by atoms with Crippen LogP contribution < -0.4 is 5.73 Å². The van der Waals surface area contributed by atoms with E-state index in [1.54, 1.807) is 12.1 Å². The molecule has 4 atom stereocenters. The molecule has 4 unspecified atom stereocenters. The lowest BCUT2D eigenvalue weighted by atomic mass is 10.0. The molecule has 134 valence electrons. The summed E-state index contributed by atoms with van der Waals surface area (Å²) < 4.78 is 28.8. The number of fused-ring (bicyclic) bond motifs is 1. The summed E-state index contributed by atoms with van der Waals surface area (Å²) in [7, 11) is 0. The molecule has 2 N–H and O–H groups in total. The van der Waals surface area contributed by atoms with Gasteiger partial charge in [-0.25, -0.2) is 9.37 Å². The minimum atomic E-state index is -0.599. The molecule has 1 aliphatic carbocycles. The van der Waals surface area contributed by atoms with Crippen LogP contribution in [-0.2, 0) is 0 Å². The molecule has 1 fully saturated rings. The largest absolute Gasteiger partial charge is 0.379 e. The van der Waals surface area contributed by atoms with Gasteiger partial charge in [-0.1, -0.05) is 30.3 Å². The highest BCUT2D eigenvalue weighted by atomic mass is 35.5. The zero-order chi connectivity index (χ0) is 18.4. The maximum Gasteiger partial charge on any atom is 0.218 e. The number of pyridine rings is 2. The molecule has 0 spiro atoms. The Hall–Kier alpha value is -1.99. The van der Waals surface area contributed by atoms with Crippen molar-refractivity contribution in [2.24, 2.45) is 22.6 Å². The van der Waals surface area contributed by atoms with Crippen LogP contribution in [0.2, 0.25) is 5.02 Å². The third-order valence-corrected chi connectivity index (χ3v) is 6.31. The van der Waals surface area contributed by atoms with E-state index >= 15 is 0 Å². The number of aliphatic imine (C=N–C) groups is 1. The van der Waals surface area contributed by atoms with Crippen molar-refractivity contribution in [1.29, 1.82) is 0 Å². The predicted octanol–water partition coefficient (Wildman–Crippen LogP) is 4.47. The van der Waals surface area contributed by atoms with Gasteiger partial charge in [0.15, 0.2) is 5.17 Å². The van der Waals surface area contributed by atoms with Crippen LogP contribution in [0.15, 0.2) is 35.6 Å². The van der Waals surface area contributed by atoms with Gasteiger partial charge in [-0.3, -0.25) is 9.98 Å². The van der Waals surface area contributed by atoms with Gasteiger partial charge in [0.1, 0.15) is 5.83 Å². The van der Waals surface area contributed by atoms with Crippen molar-refractivity contribution in [2.75, 3.05) is 0 Å². The molecule has 2 aliphatic rings. The first kappa shape index (κ1) is 17.4. The zero-order valence-electron chi connectivity index (χ0n) is 13.7. The maximum absolute atomic E-state index is 14.4. The topological polar surface area (TPSA) is 64.2 Å². The lowest BCUT2D eigenvalue weighted by Gasteiger charge is -2.18. The van der Waals surface area contributed by atoms with E-state index in [-0.39, 0.29) is 17.7 Å². The van der Waals surface area contributed by atoms with Crippen LogP contribution in [-0.4, -0.2) is 20.4 Å². The number of aromatic nitrogens is 2. The molecule has 4 nitrogen and oxygen atoms in total. The highest BCUT2D eigenvalue weighted by Gasteiger charge is 2.55. The maximum atomic E-state index is 14.4. The van der Waals surface area contributed by atoms with Crippen LogP contribution in [0.3, 0.4) is 0 Å². The van der Waals surface area contributed by atoms with Crippen LogP contribution in [0.25, 0.3) is 11.9 Å². The van der Waals surface area contributed by atoms with Crippen LogP contribution in [0.4, 0.5) is 8.78 Å². The van der Waals surface area contributed by atoms with Crippen molar-refractivity contribution < 1.29 is 8.78 Å². The summed E-state index contributed by atoms with van der Waals surface area (Å²) in [4.78, 5) is 12.1. The molecule has 26 heavy (non-hydrogen) atoms. The van der Waals surface area contributed by atoms with Crippen molar-refractivity contribution in [2.45, 2.75) is 18.2 Å². The van der Waals surface area contributed by atoms with Crippen molar-refractivity contribution in [3.8, 4) is 0 Å². The van der Waals surface area contributed by atoms with Crippen molar-refractivity contribution in [1.82, 2.24) is 9.97 Å². The molecular formula is C18H15ClF2N4S. The highest BCUT2D eigenvalue weighted by Crippen LogP contribution is 2.58. The first-order chi connectivity index (χ1) is 12.4. The zero-order valence-corrected chi connectivity index (χ0v) is 15.3. The van der Waals surface area contributed by atoms with Gasteiger partial charge in [-0.15, -0.1) is 0 Å². The van der Waals surface area contributed by atoms with Gasteiger partial charge in [-0.05, 0) is 35.8 Å². The molecule has 1 saturated carbocycles. The van der Waals surface area contributed by atoms with E-state index in [1.165, 1.54) is 36.3 Å². The summed E-state index contributed by atoms with van der Waals surface area (Å²) in [6, 6.07) is 4.23. The van der Waals surface area contributed by atoms with E-state index in [0.29, 0.717) is 32.5 Å². The van der Waals surface area contributed by atoms with Crippen LogP contribution in [0.1, 0.15) is 29.8 Å². The quantitative estimate of drug-likeness (QED) is 0.782. The van der Waals surface area contributed by atoms with Gasteiger partial charge in [0.05, 0.1) is 16.8 Å². The smallest absolute Gasteiger partial charge is 0.218 e. The Morgan fingerprint density at radius 2 is 2.12 bits per heavy atom. The standard InChI is InChI=1S/C18H15ClF2N4S/c1-8-14-15(25-18(22)26-16(8)14)11-4-9(6-24-17(11)21)5-12(20)13-3-2-10(19)7-23-13/h2-8,14-16H,1H3,(H2,22,25)/b12-5-. The minimum Gasteiger partial charge on any atom is -0.379 e. The number of amidine groups is 1. The van der Waals surface area contributed by atoms with Gasteiger partial charge in [-0.2, -0.15) is 4.39 Å². The Balaban J connectivity index is 1.67. The van der Waals surface area contributed by atoms with E-state index in [4.69, 9.17) is 17.3 Å². The lowest BCUT2D eigenvalue weighted by Crippen LogP contribution is -2.18. The third-order valence-electron chi connectivity index (χ3n) is 4.72. The van der Waals surface area contributed by atoms with Crippen molar-refractivity contribution >= 4 is 40.4 Å². The summed E-state index contributed by atoms with van der Waals surface area (Å²) in [5, 5.41) is 1.23. The van der Waals surface area contributed by atoms with Gasteiger partial charge in [0.2, 0.25) is 5.95 Å². The number of hydrogen-bond donors (Lipinski definition) is 1. The van der Waals surface area contributed by atoms with Gasteiger partial charge in [0.25, 0.3) is 0 Å². The number of nitrogens with zero attached hydrogens (tertiary/aromatic N) is 3. The summed E-state index contributed by atoms with van der Waals surface area (Å²) in [6.07, 6.45) is 3.92. The SMILES string of the molecule is CC1C2SC(N)=NC(c3cc(/C=C(\F)c4ccc(Cl)cn4)cnc3F)C12. The second-order valence-electron chi connectivity index (χ2n) is 6.43. The third kappa shape index (κ3) is 3.21. The number of nitrogens with two attached hydrogens (primary N) is 1. The minimum absolute atomic E-state index is 0.146. The molecule has 0 amide bonds. The van der Waals surface area contributed by atoms with Crippen molar-refractivity contribution in [3.63, 3.8) is 0 Å². The molecule has 0 aromatic carbocycles. The number of thioether (sulfide) groups is 1. The average molecular weight is 393 g/mol. The molecule has 2 aromatic rings. The number of halogens is 3. The van der Waals surface area contributed by atoms with Gasteiger partial charge in [0, 0.05) is 29.1 Å². The second-order valence-corrected chi connectivity index (χ2v) is 8.07. The summed E-state index contributed by atoms with van der Waals surface area (Å²) >= 11 is 7.30. The molecule has 0 bridgehead atoms. The van der Waals surface area contributed by atoms with Gasteiger partial charge < -0.3 is 5.73 Å². The Kier molecular flexibility index (Phi) is 4.44. The molecule has 8 heteroatoms. The van der Waals surface area contributed by atoms with Crippen molar-refractivity contribution in [3.05, 3.63) is 58.4 Å². The Morgan fingerprint density at radius 1 is 1.31 bits per heavy atom. The monoisotopic (exact) mass is 392 g/mol. The fraction of sp³-hybridized carbons (Fsp3) is 0.278. The molecule has 1 aliphatic heterocycles. The summed E-state index contributed by atoms with van der Waals surface area (Å²) in [5.74, 6) is -0.520. The summed E-state index contributed by atoms with van der Waals surface area (Å²) in [5.41, 5.74) is 6.81. The normalized spacial score (nSPS) is 27.7. The molecule has 2 aromatic heterocycles. The van der Waals surface area contributed by atoms with Crippen LogP contribution in [0, 0.1) is 17.8 Å². The average Bonchev–Trinajstić information content (AvgIpc) is 3.26. The van der Waals surface area contributed by atoms with E-state index in [1.807, 2.05) is 0 Å². The molecule has 0 radical (unpaired) electrons. The molecule has 4 rings (SSSR count). The van der Waals surface area contributed by atoms with Crippen LogP contribution >= 0.6 is 23.4 Å². The Labute approximate surface area is 158 Å². The lowest BCUT2D eigenvalue weighted by molar-refractivity contribution is 0.514. The number of rotatable bonds is 3.